The van der Waals surface area contributed by atoms with Crippen LogP contribution in [-0.4, -0.2) is 23.9 Å². The van der Waals surface area contributed by atoms with Gasteiger partial charge in [-0.25, -0.2) is 0 Å². The molecule has 2 aromatic carbocycles. The number of nitrogens with zero attached hydrogens (tertiary/aromatic N) is 2. The Morgan fingerprint density at radius 3 is 2.33 bits per heavy atom. The lowest BCUT2D eigenvalue weighted by atomic mass is 10.1. The van der Waals surface area contributed by atoms with Crippen molar-refractivity contribution < 1.29 is 9.72 Å². The van der Waals surface area contributed by atoms with Crippen molar-refractivity contribution in [3.63, 3.8) is 0 Å². The van der Waals surface area contributed by atoms with Crippen molar-refractivity contribution in [1.82, 2.24) is 0 Å². The number of nitrogens with one attached hydrogen (secondary N) is 1. The topological polar surface area (TPSA) is 102 Å². The predicted molar refractivity (Wildman–Crippen MR) is 95.5 cm³/mol. The van der Waals surface area contributed by atoms with Crippen molar-refractivity contribution in [1.29, 1.82) is 0 Å². The van der Waals surface area contributed by atoms with E-state index in [1.165, 1.54) is 18.2 Å². The summed E-state index contributed by atoms with van der Waals surface area (Å²) >= 11 is 0. The first kappa shape index (κ1) is 17.3. The maximum Gasteiger partial charge on any atom is 0.292 e. The molecule has 2 rings (SSSR count). The van der Waals surface area contributed by atoms with E-state index in [1.54, 1.807) is 12.1 Å². The van der Waals surface area contributed by atoms with Crippen LogP contribution in [0.5, 0.6) is 0 Å². The van der Waals surface area contributed by atoms with Gasteiger partial charge in [0.2, 0.25) is 0 Å². The van der Waals surface area contributed by atoms with Crippen LogP contribution in [0.25, 0.3) is 0 Å². The number of hydrogen-bond acceptors (Lipinski definition) is 5. The molecular weight excluding hydrogens is 308 g/mol. The average molecular weight is 328 g/mol. The molecule has 7 nitrogen and oxygen atoms in total. The summed E-state index contributed by atoms with van der Waals surface area (Å²) in [5, 5.41) is 13.6. The quantitative estimate of drug-likeness (QED) is 0.481. The van der Waals surface area contributed by atoms with Crippen LogP contribution in [0.1, 0.15) is 24.2 Å². The zero-order valence-corrected chi connectivity index (χ0v) is 13.7. The van der Waals surface area contributed by atoms with Crippen LogP contribution in [0.2, 0.25) is 0 Å². The number of nitro groups is 1. The molecule has 0 saturated heterocycles. The third kappa shape index (κ3) is 3.81. The van der Waals surface area contributed by atoms with Crippen molar-refractivity contribution >= 4 is 28.7 Å². The van der Waals surface area contributed by atoms with Gasteiger partial charge in [-0.1, -0.05) is 0 Å². The number of rotatable bonds is 6. The summed E-state index contributed by atoms with van der Waals surface area (Å²) in [7, 11) is 0. The molecule has 2 aromatic rings. The zero-order chi connectivity index (χ0) is 17.7. The van der Waals surface area contributed by atoms with Crippen LogP contribution in [0.15, 0.2) is 42.5 Å². The van der Waals surface area contributed by atoms with Gasteiger partial charge in [-0.3, -0.25) is 14.9 Å². The number of hydrogen-bond donors (Lipinski definition) is 2. The molecule has 24 heavy (non-hydrogen) atoms. The van der Waals surface area contributed by atoms with E-state index in [0.29, 0.717) is 5.69 Å². The van der Waals surface area contributed by atoms with Gasteiger partial charge in [-0.2, -0.15) is 0 Å². The maximum absolute atomic E-state index is 12.2. The number of anilines is 3. The van der Waals surface area contributed by atoms with E-state index in [9.17, 15) is 14.9 Å². The third-order valence-corrected chi connectivity index (χ3v) is 3.74. The summed E-state index contributed by atoms with van der Waals surface area (Å²) < 4.78 is 0. The smallest absolute Gasteiger partial charge is 0.292 e. The molecule has 0 heterocycles. The van der Waals surface area contributed by atoms with Gasteiger partial charge in [0.1, 0.15) is 5.69 Å². The van der Waals surface area contributed by atoms with Gasteiger partial charge in [0, 0.05) is 36.1 Å². The Balaban J connectivity index is 2.15. The summed E-state index contributed by atoms with van der Waals surface area (Å²) in [5.74, 6) is -0.423. The molecule has 0 fully saturated rings. The second kappa shape index (κ2) is 7.45. The SMILES string of the molecule is CCN(CC)c1ccc(NC(=O)c2ccc(N)c([N+](=O)[O-])c2)cc1. The number of amides is 1. The van der Waals surface area contributed by atoms with E-state index in [1.807, 2.05) is 12.1 Å². The molecule has 0 spiro atoms. The van der Waals surface area contributed by atoms with E-state index < -0.39 is 10.8 Å². The first-order chi connectivity index (χ1) is 11.5. The summed E-state index contributed by atoms with van der Waals surface area (Å²) in [4.78, 5) is 24.7. The van der Waals surface area contributed by atoms with Crippen molar-refractivity contribution in [2.45, 2.75) is 13.8 Å². The Morgan fingerprint density at radius 2 is 1.79 bits per heavy atom. The van der Waals surface area contributed by atoms with E-state index in [0.717, 1.165) is 18.8 Å². The lowest BCUT2D eigenvalue weighted by Gasteiger charge is -2.21. The monoisotopic (exact) mass is 328 g/mol. The lowest BCUT2D eigenvalue weighted by Crippen LogP contribution is -2.21. The van der Waals surface area contributed by atoms with Crippen LogP contribution in [0.4, 0.5) is 22.7 Å². The highest BCUT2D eigenvalue weighted by Crippen LogP contribution is 2.23. The minimum atomic E-state index is -0.606. The van der Waals surface area contributed by atoms with Gasteiger partial charge in [0.15, 0.2) is 0 Å². The Labute approximate surface area is 140 Å². The molecule has 0 unspecified atom stereocenters. The molecule has 1 amide bonds. The van der Waals surface area contributed by atoms with Crippen molar-refractivity contribution in [2.24, 2.45) is 0 Å². The standard InChI is InChI=1S/C17H20N4O3/c1-3-20(4-2)14-8-6-13(7-9-14)19-17(22)12-5-10-15(18)16(11-12)21(23)24/h5-11H,3-4,18H2,1-2H3,(H,19,22). The molecule has 0 radical (unpaired) electrons. The largest absolute Gasteiger partial charge is 0.393 e. The molecule has 0 bridgehead atoms. The second-order valence-electron chi connectivity index (χ2n) is 5.20. The van der Waals surface area contributed by atoms with Crippen LogP contribution in [0, 0.1) is 10.1 Å². The van der Waals surface area contributed by atoms with Crippen molar-refractivity contribution in [2.75, 3.05) is 29.0 Å². The number of nitrogens with two attached hydrogens (primary N) is 1. The highest BCUT2D eigenvalue weighted by atomic mass is 16.6. The Kier molecular flexibility index (Phi) is 5.36. The third-order valence-electron chi connectivity index (χ3n) is 3.74. The first-order valence-corrected chi connectivity index (χ1v) is 7.66. The van der Waals surface area contributed by atoms with Gasteiger partial charge in [-0.15, -0.1) is 0 Å². The van der Waals surface area contributed by atoms with Gasteiger partial charge in [0.25, 0.3) is 11.6 Å². The van der Waals surface area contributed by atoms with E-state index in [2.05, 4.69) is 24.1 Å². The molecule has 3 N–H and O–H groups in total. The fourth-order valence-electron chi connectivity index (χ4n) is 2.39. The number of nitrogen functional groups attached to an aromatic ring is 1. The molecule has 0 aromatic heterocycles. The van der Waals surface area contributed by atoms with Crippen LogP contribution < -0.4 is 16.0 Å². The van der Waals surface area contributed by atoms with E-state index in [-0.39, 0.29) is 16.9 Å². The number of carbonyl (C=O) groups is 1. The molecule has 0 aliphatic heterocycles. The van der Waals surface area contributed by atoms with E-state index >= 15 is 0 Å². The second-order valence-corrected chi connectivity index (χ2v) is 5.20. The summed E-state index contributed by atoms with van der Waals surface area (Å²) in [6, 6.07) is 11.4. The van der Waals surface area contributed by atoms with Crippen LogP contribution in [0.3, 0.4) is 0 Å². The molecule has 0 aliphatic rings. The van der Waals surface area contributed by atoms with Crippen LogP contribution in [-0.2, 0) is 0 Å². The minimum absolute atomic E-state index is 0.0279. The molecule has 126 valence electrons. The summed E-state index contributed by atoms with van der Waals surface area (Å²) in [6.07, 6.45) is 0. The van der Waals surface area contributed by atoms with Crippen LogP contribution >= 0.6 is 0 Å². The Morgan fingerprint density at radius 1 is 1.17 bits per heavy atom. The van der Waals surface area contributed by atoms with Crippen molar-refractivity contribution in [3.05, 3.63) is 58.1 Å². The van der Waals surface area contributed by atoms with Gasteiger partial charge < -0.3 is 16.0 Å². The van der Waals surface area contributed by atoms with Gasteiger partial charge >= 0.3 is 0 Å². The lowest BCUT2D eigenvalue weighted by molar-refractivity contribution is -0.383. The Hall–Kier alpha value is -3.09. The molecule has 7 heteroatoms. The highest BCUT2D eigenvalue weighted by Gasteiger charge is 2.15. The first-order valence-electron chi connectivity index (χ1n) is 7.66. The molecule has 0 saturated carbocycles. The molecule has 0 aliphatic carbocycles. The number of nitro benzene ring substituents is 1. The summed E-state index contributed by atoms with van der Waals surface area (Å²) in [6.45, 7) is 5.95. The fraction of sp³-hybridized carbons (Fsp3) is 0.235. The van der Waals surface area contributed by atoms with Gasteiger partial charge in [0.05, 0.1) is 4.92 Å². The predicted octanol–water partition coefficient (Wildman–Crippen LogP) is 3.28. The average Bonchev–Trinajstić information content (AvgIpc) is 2.57. The number of benzene rings is 2. The summed E-state index contributed by atoms with van der Waals surface area (Å²) in [5.41, 5.74) is 7.16. The maximum atomic E-state index is 12.2. The zero-order valence-electron chi connectivity index (χ0n) is 13.7. The van der Waals surface area contributed by atoms with Gasteiger partial charge in [-0.05, 0) is 50.2 Å². The van der Waals surface area contributed by atoms with E-state index in [4.69, 9.17) is 5.73 Å². The minimum Gasteiger partial charge on any atom is -0.393 e. The molecule has 0 atom stereocenters. The molecular formula is C17H20N4O3. The Bertz CT molecular complexity index is 740. The number of carbonyl (C=O) groups excluding carboxylic acids is 1. The fourth-order valence-corrected chi connectivity index (χ4v) is 2.39. The van der Waals surface area contributed by atoms with Crippen molar-refractivity contribution in [3.8, 4) is 0 Å². The highest BCUT2D eigenvalue weighted by molar-refractivity contribution is 6.05. The normalized spacial score (nSPS) is 10.2.